The second-order valence-electron chi connectivity index (χ2n) is 6.75. The molecular weight excluding hydrogens is 389 g/mol. The van der Waals surface area contributed by atoms with Gasteiger partial charge in [0.15, 0.2) is 0 Å². The lowest BCUT2D eigenvalue weighted by Crippen LogP contribution is -2.24. The molecule has 0 amide bonds. The summed E-state index contributed by atoms with van der Waals surface area (Å²) in [6.07, 6.45) is 2.21. The molecule has 0 aliphatic heterocycles. The number of hydrogen-bond donors (Lipinski definition) is 1. The van der Waals surface area contributed by atoms with Gasteiger partial charge in [0.05, 0.1) is 26.5 Å². The van der Waals surface area contributed by atoms with E-state index < -0.39 is 6.10 Å². The van der Waals surface area contributed by atoms with Gasteiger partial charge in [-0.15, -0.1) is 0 Å². The number of aromatic nitrogens is 3. The number of ether oxygens (including phenoxy) is 2. The lowest BCUT2D eigenvalue weighted by molar-refractivity contribution is 0.151. The summed E-state index contributed by atoms with van der Waals surface area (Å²) in [7, 11) is 3.05. The lowest BCUT2D eigenvalue weighted by Gasteiger charge is -2.17. The van der Waals surface area contributed by atoms with Crippen molar-refractivity contribution in [1.82, 2.24) is 14.2 Å². The summed E-state index contributed by atoms with van der Waals surface area (Å²) in [6, 6.07) is 12.7. The van der Waals surface area contributed by atoms with Gasteiger partial charge < -0.3 is 19.1 Å². The summed E-state index contributed by atoms with van der Waals surface area (Å²) in [4.78, 5) is 12.9. The number of halogens is 1. The van der Waals surface area contributed by atoms with Crippen LogP contribution in [0.25, 0.3) is 16.8 Å². The maximum atomic E-state index is 13.2. The largest absolute Gasteiger partial charge is 0.497 e. The van der Waals surface area contributed by atoms with Crippen LogP contribution in [0, 0.1) is 5.82 Å². The highest BCUT2D eigenvalue weighted by Gasteiger charge is 2.17. The van der Waals surface area contributed by atoms with Crippen molar-refractivity contribution in [2.24, 2.45) is 0 Å². The molecule has 0 bridgehead atoms. The Kier molecular flexibility index (Phi) is 5.24. The van der Waals surface area contributed by atoms with E-state index >= 15 is 0 Å². The van der Waals surface area contributed by atoms with Crippen LogP contribution in [-0.4, -0.2) is 33.5 Å². The van der Waals surface area contributed by atoms with Gasteiger partial charge >= 0.3 is 0 Å². The van der Waals surface area contributed by atoms with E-state index in [9.17, 15) is 14.3 Å². The zero-order valence-electron chi connectivity index (χ0n) is 16.4. The molecule has 0 saturated carbocycles. The van der Waals surface area contributed by atoms with Gasteiger partial charge in [0.1, 0.15) is 28.9 Å². The normalized spacial score (nSPS) is 12.1. The molecule has 30 heavy (non-hydrogen) atoms. The van der Waals surface area contributed by atoms with E-state index in [0.717, 1.165) is 0 Å². The van der Waals surface area contributed by atoms with E-state index in [1.165, 1.54) is 35.4 Å². The number of hydrogen-bond acceptors (Lipinski definition) is 5. The summed E-state index contributed by atoms with van der Waals surface area (Å²) in [6.45, 7) is 0.0237. The fourth-order valence-corrected chi connectivity index (χ4v) is 3.32. The van der Waals surface area contributed by atoms with Crippen LogP contribution in [0.3, 0.4) is 0 Å². The molecule has 2 aromatic heterocycles. The Morgan fingerprint density at radius 3 is 2.53 bits per heavy atom. The third kappa shape index (κ3) is 3.65. The molecule has 0 spiro atoms. The van der Waals surface area contributed by atoms with E-state index in [4.69, 9.17) is 9.47 Å². The molecule has 4 aromatic rings. The van der Waals surface area contributed by atoms with Gasteiger partial charge in [-0.25, -0.2) is 8.91 Å². The van der Waals surface area contributed by atoms with E-state index in [1.807, 2.05) is 0 Å². The quantitative estimate of drug-likeness (QED) is 0.530. The minimum Gasteiger partial charge on any atom is -0.497 e. The first-order chi connectivity index (χ1) is 14.5. The topological polar surface area (TPSA) is 78.0 Å². The summed E-state index contributed by atoms with van der Waals surface area (Å²) in [5.41, 5.74) is 1.82. The lowest BCUT2D eigenvalue weighted by atomic mass is 10.1. The first-order valence-electron chi connectivity index (χ1n) is 9.25. The van der Waals surface area contributed by atoms with Crippen LogP contribution < -0.4 is 15.0 Å². The summed E-state index contributed by atoms with van der Waals surface area (Å²) >= 11 is 0. The number of nitrogens with zero attached hydrogens (tertiary/aromatic N) is 3. The van der Waals surface area contributed by atoms with Crippen molar-refractivity contribution in [2.45, 2.75) is 12.6 Å². The predicted molar refractivity (Wildman–Crippen MR) is 109 cm³/mol. The maximum absolute atomic E-state index is 13.2. The van der Waals surface area contributed by atoms with E-state index in [2.05, 4.69) is 5.10 Å². The molecule has 0 fully saturated rings. The molecule has 7 nitrogen and oxygen atoms in total. The Bertz CT molecular complexity index is 1250. The third-order valence-corrected chi connectivity index (χ3v) is 4.91. The second kappa shape index (κ2) is 8.00. The Balaban J connectivity index is 1.68. The Labute approximate surface area is 171 Å². The third-order valence-electron chi connectivity index (χ3n) is 4.91. The summed E-state index contributed by atoms with van der Waals surface area (Å²) < 4.78 is 26.6. The summed E-state index contributed by atoms with van der Waals surface area (Å²) in [5, 5.41) is 15.1. The van der Waals surface area contributed by atoms with Crippen LogP contribution in [0.15, 0.2) is 65.7 Å². The molecular formula is C22H20FN3O4. The highest BCUT2D eigenvalue weighted by Crippen LogP contribution is 2.30. The molecule has 8 heteroatoms. The van der Waals surface area contributed by atoms with E-state index in [-0.39, 0.29) is 17.9 Å². The van der Waals surface area contributed by atoms with Crippen molar-refractivity contribution in [1.29, 1.82) is 0 Å². The molecule has 1 N–H and O–H groups in total. The van der Waals surface area contributed by atoms with E-state index in [0.29, 0.717) is 33.8 Å². The molecule has 0 saturated heterocycles. The molecule has 1 atom stereocenters. The molecule has 0 unspecified atom stereocenters. The van der Waals surface area contributed by atoms with Crippen LogP contribution in [0.5, 0.6) is 11.5 Å². The fourth-order valence-electron chi connectivity index (χ4n) is 3.32. The van der Waals surface area contributed by atoms with Gasteiger partial charge in [0.25, 0.3) is 5.56 Å². The zero-order chi connectivity index (χ0) is 21.3. The average molecular weight is 409 g/mol. The highest BCUT2D eigenvalue weighted by atomic mass is 19.1. The first-order valence-corrected chi connectivity index (χ1v) is 9.25. The van der Waals surface area contributed by atoms with Crippen molar-refractivity contribution < 1.29 is 19.0 Å². The van der Waals surface area contributed by atoms with Crippen molar-refractivity contribution >= 4 is 5.52 Å². The number of rotatable bonds is 6. The van der Waals surface area contributed by atoms with Crippen LogP contribution in [0.1, 0.15) is 11.7 Å². The number of fused-ring (bicyclic) bond motifs is 1. The van der Waals surface area contributed by atoms with Crippen molar-refractivity contribution in [3.05, 3.63) is 82.7 Å². The molecule has 0 radical (unpaired) electrons. The first kappa shape index (κ1) is 19.7. The molecule has 0 aliphatic rings. The average Bonchev–Trinajstić information content (AvgIpc) is 3.21. The highest BCUT2D eigenvalue weighted by molar-refractivity contribution is 5.65. The van der Waals surface area contributed by atoms with Gasteiger partial charge in [0.2, 0.25) is 0 Å². The van der Waals surface area contributed by atoms with Crippen LogP contribution in [-0.2, 0) is 6.54 Å². The SMILES string of the molecule is COc1ccc(OC)c([C@H](O)Cn2ccn3nc(-c4ccc(F)cc4)cc3c2=O)c1. The number of methoxy groups -OCH3 is 2. The predicted octanol–water partition coefficient (Wildman–Crippen LogP) is 3.05. The molecule has 2 aromatic carbocycles. The van der Waals surface area contributed by atoms with Crippen LogP contribution in [0.4, 0.5) is 4.39 Å². The monoisotopic (exact) mass is 409 g/mol. The Morgan fingerprint density at radius 1 is 1.07 bits per heavy atom. The van der Waals surface area contributed by atoms with Crippen molar-refractivity contribution in [3.63, 3.8) is 0 Å². The fraction of sp³-hybridized carbons (Fsp3) is 0.182. The molecule has 4 rings (SSSR count). The summed E-state index contributed by atoms with van der Waals surface area (Å²) in [5.74, 6) is 0.736. The maximum Gasteiger partial charge on any atom is 0.276 e. The zero-order valence-corrected chi connectivity index (χ0v) is 16.4. The minimum absolute atomic E-state index is 0.0237. The molecule has 154 valence electrons. The van der Waals surface area contributed by atoms with Gasteiger partial charge in [-0.2, -0.15) is 5.10 Å². The smallest absolute Gasteiger partial charge is 0.276 e. The molecule has 0 aliphatic carbocycles. The Hall–Kier alpha value is -3.65. The van der Waals surface area contributed by atoms with Crippen LogP contribution in [0.2, 0.25) is 0 Å². The number of aliphatic hydroxyl groups excluding tert-OH is 1. The van der Waals surface area contributed by atoms with Gasteiger partial charge in [-0.3, -0.25) is 4.79 Å². The standard InChI is InChI=1S/C22H20FN3O4/c1-29-16-7-8-21(30-2)17(11-16)20(27)13-25-9-10-26-19(22(25)28)12-18(24-26)14-3-5-15(23)6-4-14/h3-12,20,27H,13H2,1-2H3/t20-/m1/s1. The second-order valence-corrected chi connectivity index (χ2v) is 6.75. The van der Waals surface area contributed by atoms with Crippen LogP contribution >= 0.6 is 0 Å². The number of aliphatic hydroxyl groups is 1. The Morgan fingerprint density at radius 2 is 1.83 bits per heavy atom. The number of benzene rings is 2. The van der Waals surface area contributed by atoms with Gasteiger partial charge in [0, 0.05) is 23.5 Å². The van der Waals surface area contributed by atoms with Crippen molar-refractivity contribution in [2.75, 3.05) is 14.2 Å². The van der Waals surface area contributed by atoms with Crippen molar-refractivity contribution in [3.8, 4) is 22.8 Å². The molecule has 2 heterocycles. The minimum atomic E-state index is -0.991. The van der Waals surface area contributed by atoms with Gasteiger partial charge in [-0.05, 0) is 48.5 Å². The van der Waals surface area contributed by atoms with E-state index in [1.54, 1.807) is 48.8 Å². The van der Waals surface area contributed by atoms with Gasteiger partial charge in [-0.1, -0.05) is 0 Å².